The number of rotatable bonds is 0. The number of aliphatic hydroxyl groups is 1. The van der Waals surface area contributed by atoms with Crippen LogP contribution in [0.1, 0.15) is 13.3 Å². The van der Waals surface area contributed by atoms with Crippen molar-refractivity contribution in [3.8, 4) is 0 Å². The molecule has 0 unspecified atom stereocenters. The Labute approximate surface area is 43.1 Å². The first-order chi connectivity index (χ1) is 3.29. The molecule has 2 heteroatoms. The van der Waals surface area contributed by atoms with Crippen LogP contribution in [0.15, 0.2) is 0 Å². The average molecular weight is 102 g/mol. The quantitative estimate of drug-likeness (QED) is 0.472. The summed E-state index contributed by atoms with van der Waals surface area (Å²) in [6.07, 6.45) is 0.880. The summed E-state index contributed by atoms with van der Waals surface area (Å²) in [6.45, 7) is 2.50. The zero-order chi connectivity index (χ0) is 5.28. The fourth-order valence-corrected chi connectivity index (χ4v) is 0.795. The summed E-state index contributed by atoms with van der Waals surface area (Å²) in [5.41, 5.74) is 0. The lowest BCUT2D eigenvalue weighted by atomic mass is 10.2. The van der Waals surface area contributed by atoms with Crippen LogP contribution in [0.3, 0.4) is 0 Å². The van der Waals surface area contributed by atoms with Crippen LogP contribution < -0.4 is 0 Å². The minimum atomic E-state index is -0.199. The molecule has 0 aromatic rings. The first-order valence-electron chi connectivity index (χ1n) is 2.58. The van der Waals surface area contributed by atoms with Gasteiger partial charge in [-0.05, 0) is 6.92 Å². The van der Waals surface area contributed by atoms with Gasteiger partial charge < -0.3 is 9.84 Å². The van der Waals surface area contributed by atoms with Gasteiger partial charge in [-0.15, -0.1) is 0 Å². The van der Waals surface area contributed by atoms with Gasteiger partial charge in [-0.25, -0.2) is 0 Å². The third kappa shape index (κ3) is 1.14. The number of hydrogen-bond donors (Lipinski definition) is 1. The topological polar surface area (TPSA) is 29.5 Å². The second kappa shape index (κ2) is 1.80. The maximum Gasteiger partial charge on any atom is 0.0798 e. The second-order valence-corrected chi connectivity index (χ2v) is 2.03. The Morgan fingerprint density at radius 2 is 2.43 bits per heavy atom. The zero-order valence-electron chi connectivity index (χ0n) is 4.42. The standard InChI is InChI=1S/C5H10O2/c1-4-2-5(6)3-7-4/h4-6H,2-3H2,1H3/t4-,5-/m0/s1. The van der Waals surface area contributed by atoms with Gasteiger partial charge in [-0.3, -0.25) is 0 Å². The Balaban J connectivity index is 2.26. The third-order valence-electron chi connectivity index (χ3n) is 1.18. The Bertz CT molecular complexity index is 55.1. The van der Waals surface area contributed by atoms with E-state index >= 15 is 0 Å². The van der Waals surface area contributed by atoms with Crippen molar-refractivity contribution in [1.29, 1.82) is 0 Å². The van der Waals surface area contributed by atoms with Crippen LogP contribution >= 0.6 is 0 Å². The van der Waals surface area contributed by atoms with Gasteiger partial charge >= 0.3 is 0 Å². The Morgan fingerprint density at radius 3 is 2.57 bits per heavy atom. The molecule has 1 fully saturated rings. The molecule has 2 atom stereocenters. The largest absolute Gasteiger partial charge is 0.391 e. The van der Waals surface area contributed by atoms with E-state index in [1.165, 1.54) is 0 Å². The molecular weight excluding hydrogens is 92.1 g/mol. The predicted octanol–water partition coefficient (Wildman–Crippen LogP) is 0.156. The molecule has 1 heterocycles. The van der Waals surface area contributed by atoms with Gasteiger partial charge in [0.25, 0.3) is 0 Å². The smallest absolute Gasteiger partial charge is 0.0798 e. The highest BCUT2D eigenvalue weighted by Gasteiger charge is 2.18. The predicted molar refractivity (Wildman–Crippen MR) is 26.0 cm³/mol. The molecule has 0 saturated carbocycles. The molecule has 1 aliphatic rings. The summed E-state index contributed by atoms with van der Waals surface area (Å²) in [6, 6.07) is 0. The lowest BCUT2D eigenvalue weighted by Gasteiger charge is -1.94. The van der Waals surface area contributed by atoms with Gasteiger partial charge in [0.05, 0.1) is 18.8 Å². The van der Waals surface area contributed by atoms with E-state index in [1.54, 1.807) is 0 Å². The molecule has 1 N–H and O–H groups in total. The van der Waals surface area contributed by atoms with Crippen molar-refractivity contribution in [3.05, 3.63) is 0 Å². The van der Waals surface area contributed by atoms with Crippen molar-refractivity contribution in [2.24, 2.45) is 0 Å². The second-order valence-electron chi connectivity index (χ2n) is 2.03. The summed E-state index contributed by atoms with van der Waals surface area (Å²) >= 11 is 0. The molecule has 0 aliphatic carbocycles. The molecule has 2 nitrogen and oxygen atoms in total. The molecular formula is C5H10O2. The monoisotopic (exact) mass is 102 g/mol. The molecule has 0 amide bonds. The van der Waals surface area contributed by atoms with Gasteiger partial charge in [0.2, 0.25) is 0 Å². The van der Waals surface area contributed by atoms with E-state index in [9.17, 15) is 0 Å². The van der Waals surface area contributed by atoms with Gasteiger partial charge in [-0.1, -0.05) is 0 Å². The highest BCUT2D eigenvalue weighted by Crippen LogP contribution is 2.10. The number of hydrogen-bond acceptors (Lipinski definition) is 2. The molecule has 0 aromatic heterocycles. The molecule has 7 heavy (non-hydrogen) atoms. The highest BCUT2D eigenvalue weighted by molar-refractivity contribution is 4.67. The highest BCUT2D eigenvalue weighted by atomic mass is 16.5. The SMILES string of the molecule is C[C@H]1C[C@H](O)CO1. The average Bonchev–Trinajstić information content (AvgIpc) is 1.87. The van der Waals surface area contributed by atoms with Crippen molar-refractivity contribution in [3.63, 3.8) is 0 Å². The van der Waals surface area contributed by atoms with Crippen LogP contribution in [-0.2, 0) is 4.74 Å². The van der Waals surface area contributed by atoms with Crippen LogP contribution in [0, 0.1) is 0 Å². The summed E-state index contributed by atoms with van der Waals surface area (Å²) in [5, 5.41) is 8.77. The molecule has 1 aliphatic heterocycles. The molecule has 0 spiro atoms. The van der Waals surface area contributed by atoms with E-state index in [0.717, 1.165) is 6.42 Å². The van der Waals surface area contributed by atoms with Gasteiger partial charge in [0.15, 0.2) is 0 Å². The van der Waals surface area contributed by atoms with Gasteiger partial charge in [-0.2, -0.15) is 0 Å². The van der Waals surface area contributed by atoms with E-state index in [4.69, 9.17) is 9.84 Å². The van der Waals surface area contributed by atoms with E-state index < -0.39 is 0 Å². The van der Waals surface area contributed by atoms with Crippen LogP contribution in [-0.4, -0.2) is 23.9 Å². The van der Waals surface area contributed by atoms with Gasteiger partial charge in [0.1, 0.15) is 0 Å². The summed E-state index contributed by atoms with van der Waals surface area (Å²) in [7, 11) is 0. The molecule has 1 saturated heterocycles. The van der Waals surface area contributed by atoms with E-state index in [2.05, 4.69) is 0 Å². The fourth-order valence-electron chi connectivity index (χ4n) is 0.795. The lowest BCUT2D eigenvalue weighted by Crippen LogP contribution is -2.03. The van der Waals surface area contributed by atoms with Crippen molar-refractivity contribution in [1.82, 2.24) is 0 Å². The summed E-state index contributed by atoms with van der Waals surface area (Å²) < 4.78 is 5.02. The van der Waals surface area contributed by atoms with Crippen LogP contribution in [0.2, 0.25) is 0 Å². The first-order valence-corrected chi connectivity index (χ1v) is 2.58. The Hall–Kier alpha value is -0.0800. The molecule has 42 valence electrons. The fraction of sp³-hybridized carbons (Fsp3) is 1.00. The van der Waals surface area contributed by atoms with Gasteiger partial charge in [0, 0.05) is 6.42 Å². The van der Waals surface area contributed by atoms with Crippen molar-refractivity contribution >= 4 is 0 Å². The lowest BCUT2D eigenvalue weighted by molar-refractivity contribution is 0.0971. The van der Waals surface area contributed by atoms with Crippen molar-refractivity contribution in [2.75, 3.05) is 6.61 Å². The van der Waals surface area contributed by atoms with Crippen LogP contribution in [0.4, 0.5) is 0 Å². The maximum absolute atomic E-state index is 8.77. The van der Waals surface area contributed by atoms with Crippen LogP contribution in [0.5, 0.6) is 0 Å². The zero-order valence-corrected chi connectivity index (χ0v) is 4.42. The maximum atomic E-state index is 8.77. The molecule has 0 aromatic carbocycles. The third-order valence-corrected chi connectivity index (χ3v) is 1.18. The molecule has 0 bridgehead atoms. The van der Waals surface area contributed by atoms with Crippen molar-refractivity contribution in [2.45, 2.75) is 25.6 Å². The number of aliphatic hydroxyl groups excluding tert-OH is 1. The van der Waals surface area contributed by atoms with E-state index in [1.807, 2.05) is 6.92 Å². The summed E-state index contributed by atoms with van der Waals surface area (Å²) in [4.78, 5) is 0. The Morgan fingerprint density at radius 1 is 1.71 bits per heavy atom. The van der Waals surface area contributed by atoms with E-state index in [0.29, 0.717) is 6.61 Å². The first kappa shape index (κ1) is 5.06. The minimum Gasteiger partial charge on any atom is -0.391 e. The van der Waals surface area contributed by atoms with Crippen LogP contribution in [0.25, 0.3) is 0 Å². The Kier molecular flexibility index (Phi) is 1.30. The normalized spacial score (nSPS) is 42.0. The van der Waals surface area contributed by atoms with Crippen molar-refractivity contribution < 1.29 is 9.84 Å². The molecule has 0 radical (unpaired) electrons. The minimum absolute atomic E-state index is 0.199. The number of ether oxygens (including phenoxy) is 1. The molecule has 1 rings (SSSR count). The van der Waals surface area contributed by atoms with E-state index in [-0.39, 0.29) is 12.2 Å². The summed E-state index contributed by atoms with van der Waals surface area (Å²) in [5.74, 6) is 0.